The van der Waals surface area contributed by atoms with Gasteiger partial charge in [-0.15, -0.1) is 0 Å². The largest absolute Gasteiger partial charge is 0.393 e. The van der Waals surface area contributed by atoms with Crippen LogP contribution in [0.25, 0.3) is 11.0 Å². The van der Waals surface area contributed by atoms with E-state index < -0.39 is 0 Å². The second-order valence-electron chi connectivity index (χ2n) is 8.26. The minimum atomic E-state index is -0.112. The number of aliphatic hydroxyl groups is 1. The summed E-state index contributed by atoms with van der Waals surface area (Å²) < 4.78 is 6.00. The summed E-state index contributed by atoms with van der Waals surface area (Å²) in [5.41, 5.74) is 3.57. The highest BCUT2D eigenvalue weighted by Crippen LogP contribution is 2.39. The van der Waals surface area contributed by atoms with Gasteiger partial charge in [-0.2, -0.15) is 0 Å². The lowest BCUT2D eigenvalue weighted by Gasteiger charge is -2.46. The number of nitrogens with one attached hydrogen (secondary N) is 1. The topological polar surface area (TPSA) is 61.4 Å². The molecule has 3 aliphatic rings. The van der Waals surface area contributed by atoms with E-state index in [1.54, 1.807) is 0 Å². The van der Waals surface area contributed by atoms with Crippen LogP contribution < -0.4 is 0 Å². The van der Waals surface area contributed by atoms with Crippen molar-refractivity contribution in [1.29, 1.82) is 0 Å². The predicted octanol–water partition coefficient (Wildman–Crippen LogP) is 3.54. The Kier molecular flexibility index (Phi) is 4.47. The van der Waals surface area contributed by atoms with E-state index in [1.807, 2.05) is 12.3 Å². The van der Waals surface area contributed by atoms with Gasteiger partial charge < -0.3 is 14.8 Å². The van der Waals surface area contributed by atoms with Crippen molar-refractivity contribution in [3.63, 3.8) is 0 Å². The minimum Gasteiger partial charge on any atom is -0.393 e. The normalized spacial score (nSPS) is 32.8. The van der Waals surface area contributed by atoms with Gasteiger partial charge in [-0.05, 0) is 49.8 Å². The van der Waals surface area contributed by atoms with Crippen LogP contribution in [0.2, 0.25) is 0 Å². The van der Waals surface area contributed by atoms with E-state index in [4.69, 9.17) is 4.74 Å². The molecule has 3 fully saturated rings. The monoisotopic (exact) mass is 355 g/mol. The fraction of sp³-hybridized carbons (Fsp3) is 0.667. The fourth-order valence-corrected chi connectivity index (χ4v) is 5.47. The van der Waals surface area contributed by atoms with E-state index in [2.05, 4.69) is 20.9 Å². The molecule has 0 bridgehead atoms. The van der Waals surface area contributed by atoms with Crippen molar-refractivity contribution >= 4 is 11.0 Å². The first kappa shape index (κ1) is 16.7. The van der Waals surface area contributed by atoms with Crippen molar-refractivity contribution in [3.8, 4) is 0 Å². The van der Waals surface area contributed by atoms with Crippen LogP contribution in [0.1, 0.15) is 62.3 Å². The number of pyridine rings is 1. The zero-order chi connectivity index (χ0) is 17.5. The Labute approximate surface area is 154 Å². The number of rotatable bonds is 3. The van der Waals surface area contributed by atoms with Crippen LogP contribution in [0.4, 0.5) is 0 Å². The van der Waals surface area contributed by atoms with Crippen molar-refractivity contribution in [2.24, 2.45) is 5.92 Å². The van der Waals surface area contributed by atoms with Gasteiger partial charge in [0.15, 0.2) is 0 Å². The summed E-state index contributed by atoms with van der Waals surface area (Å²) in [6.45, 7) is 2.78. The number of hydrogen-bond acceptors (Lipinski definition) is 4. The van der Waals surface area contributed by atoms with E-state index in [1.165, 1.54) is 42.3 Å². The highest BCUT2D eigenvalue weighted by molar-refractivity contribution is 5.81. The Morgan fingerprint density at radius 1 is 1.19 bits per heavy atom. The summed E-state index contributed by atoms with van der Waals surface area (Å²) in [6.07, 6.45) is 10.00. The van der Waals surface area contributed by atoms with Crippen LogP contribution in [0, 0.1) is 5.92 Å². The quantitative estimate of drug-likeness (QED) is 0.884. The molecule has 2 aliphatic heterocycles. The summed E-state index contributed by atoms with van der Waals surface area (Å²) >= 11 is 0. The maximum Gasteiger partial charge on any atom is 0.137 e. The molecule has 140 valence electrons. The molecule has 2 aromatic heterocycles. The molecule has 5 nitrogen and oxygen atoms in total. The van der Waals surface area contributed by atoms with Gasteiger partial charge >= 0.3 is 0 Å². The summed E-state index contributed by atoms with van der Waals surface area (Å²) in [5.74, 6) is 0.451. The molecule has 2 saturated heterocycles. The van der Waals surface area contributed by atoms with Crippen LogP contribution in [0.15, 0.2) is 18.3 Å². The molecule has 4 heterocycles. The first-order valence-corrected chi connectivity index (χ1v) is 10.3. The summed E-state index contributed by atoms with van der Waals surface area (Å²) in [6, 6.07) is 4.73. The average molecular weight is 355 g/mol. The summed E-state index contributed by atoms with van der Waals surface area (Å²) in [5, 5.41) is 11.7. The minimum absolute atomic E-state index is 0.112. The highest BCUT2D eigenvalue weighted by Gasteiger charge is 2.39. The standard InChI is InChI=1S/C21H29N3O2/c25-18-9-11-24(17-7-2-1-5-15(17)18)13-16-14-6-3-10-22-21(14)23-20(16)19-8-4-12-26-19/h3,6,10,15,17-19,25H,1-2,4-5,7-9,11-13H2,(H,22,23)/t15-,17-,18+,19-/m0/s1. The zero-order valence-corrected chi connectivity index (χ0v) is 15.4. The predicted molar refractivity (Wildman–Crippen MR) is 101 cm³/mol. The van der Waals surface area contributed by atoms with E-state index in [9.17, 15) is 5.11 Å². The van der Waals surface area contributed by atoms with Gasteiger partial charge in [0.2, 0.25) is 0 Å². The lowest BCUT2D eigenvalue weighted by molar-refractivity contribution is -0.0395. The number of hydrogen-bond donors (Lipinski definition) is 2. The smallest absolute Gasteiger partial charge is 0.137 e. The second-order valence-corrected chi connectivity index (χ2v) is 8.26. The Morgan fingerprint density at radius 2 is 2.12 bits per heavy atom. The third-order valence-corrected chi connectivity index (χ3v) is 6.78. The Bertz CT molecular complexity index is 768. The van der Waals surface area contributed by atoms with Gasteiger partial charge in [0.1, 0.15) is 5.65 Å². The van der Waals surface area contributed by atoms with Crippen LogP contribution in [0.3, 0.4) is 0 Å². The molecule has 5 rings (SSSR count). The van der Waals surface area contributed by atoms with E-state index >= 15 is 0 Å². The molecule has 0 amide bonds. The summed E-state index contributed by atoms with van der Waals surface area (Å²) in [4.78, 5) is 10.7. The molecule has 0 spiro atoms. The fourth-order valence-electron chi connectivity index (χ4n) is 5.47. The third kappa shape index (κ3) is 2.86. The number of ether oxygens (including phenoxy) is 1. The third-order valence-electron chi connectivity index (χ3n) is 6.78. The molecule has 0 aromatic carbocycles. The Morgan fingerprint density at radius 3 is 3.00 bits per heavy atom. The molecular formula is C21H29N3O2. The number of likely N-dealkylation sites (tertiary alicyclic amines) is 1. The lowest BCUT2D eigenvalue weighted by atomic mass is 9.76. The number of H-pyrrole nitrogens is 1. The molecule has 0 radical (unpaired) electrons. The van der Waals surface area contributed by atoms with E-state index in [-0.39, 0.29) is 12.2 Å². The SMILES string of the molecule is O[C@@H]1CCN(Cc2c([C@@H]3CCCO3)[nH]c3ncccc23)[C@H]2CCCC[C@H]12. The van der Waals surface area contributed by atoms with Gasteiger partial charge in [0.25, 0.3) is 0 Å². The van der Waals surface area contributed by atoms with Gasteiger partial charge in [-0.1, -0.05) is 12.8 Å². The van der Waals surface area contributed by atoms with Gasteiger partial charge in [0.05, 0.1) is 17.9 Å². The first-order valence-electron chi connectivity index (χ1n) is 10.3. The number of aromatic nitrogens is 2. The van der Waals surface area contributed by atoms with Gasteiger partial charge in [-0.25, -0.2) is 4.98 Å². The zero-order valence-electron chi connectivity index (χ0n) is 15.4. The molecule has 5 heteroatoms. The lowest BCUT2D eigenvalue weighted by Crippen LogP contribution is -2.52. The number of fused-ring (bicyclic) bond motifs is 2. The van der Waals surface area contributed by atoms with Crippen LogP contribution in [0.5, 0.6) is 0 Å². The number of aliphatic hydroxyl groups excluding tert-OH is 1. The second kappa shape index (κ2) is 6.95. The maximum absolute atomic E-state index is 10.5. The molecule has 0 unspecified atom stereocenters. The number of aromatic amines is 1. The average Bonchev–Trinajstić information content (AvgIpc) is 3.32. The molecule has 4 atom stereocenters. The maximum atomic E-state index is 10.5. The summed E-state index contributed by atoms with van der Waals surface area (Å²) in [7, 11) is 0. The van der Waals surface area contributed by atoms with Crippen molar-refractivity contribution in [1.82, 2.24) is 14.9 Å². The Balaban J connectivity index is 1.49. The van der Waals surface area contributed by atoms with Gasteiger partial charge in [0, 0.05) is 43.2 Å². The number of nitrogens with zero attached hydrogens (tertiary/aromatic N) is 2. The number of piperidine rings is 1. The molecule has 26 heavy (non-hydrogen) atoms. The van der Waals surface area contributed by atoms with E-state index in [0.717, 1.165) is 44.6 Å². The molecular weight excluding hydrogens is 326 g/mol. The molecule has 1 saturated carbocycles. The van der Waals surface area contributed by atoms with Crippen molar-refractivity contribution in [2.45, 2.75) is 69.7 Å². The Hall–Kier alpha value is -1.43. The van der Waals surface area contributed by atoms with Crippen molar-refractivity contribution in [2.75, 3.05) is 13.2 Å². The van der Waals surface area contributed by atoms with Crippen LogP contribution in [-0.2, 0) is 11.3 Å². The molecule has 1 aliphatic carbocycles. The van der Waals surface area contributed by atoms with Crippen LogP contribution in [-0.4, -0.2) is 45.3 Å². The molecule has 2 aromatic rings. The highest BCUT2D eigenvalue weighted by atomic mass is 16.5. The molecule has 2 N–H and O–H groups in total. The van der Waals surface area contributed by atoms with E-state index in [0.29, 0.717) is 12.0 Å². The first-order chi connectivity index (χ1) is 12.8. The van der Waals surface area contributed by atoms with Gasteiger partial charge in [-0.3, -0.25) is 4.90 Å². The van der Waals surface area contributed by atoms with Crippen LogP contribution >= 0.6 is 0 Å². The van der Waals surface area contributed by atoms with Crippen molar-refractivity contribution in [3.05, 3.63) is 29.6 Å². The van der Waals surface area contributed by atoms with Crippen molar-refractivity contribution < 1.29 is 9.84 Å².